The molecule has 0 aliphatic carbocycles. The zero-order valence-electron chi connectivity index (χ0n) is 20.6. The summed E-state index contributed by atoms with van der Waals surface area (Å²) >= 11 is 1.61. The lowest BCUT2D eigenvalue weighted by atomic mass is 10.1. The maximum absolute atomic E-state index is 12.5. The molecule has 35 heavy (non-hydrogen) atoms. The molecule has 0 radical (unpaired) electrons. The van der Waals surface area contributed by atoms with Crippen molar-refractivity contribution in [3.05, 3.63) is 40.4 Å². The van der Waals surface area contributed by atoms with E-state index in [9.17, 15) is 14.4 Å². The summed E-state index contributed by atoms with van der Waals surface area (Å²) in [7, 11) is 0. The predicted molar refractivity (Wildman–Crippen MR) is 137 cm³/mol. The van der Waals surface area contributed by atoms with E-state index < -0.39 is 0 Å². The van der Waals surface area contributed by atoms with Gasteiger partial charge < -0.3 is 9.80 Å². The van der Waals surface area contributed by atoms with Crippen LogP contribution in [-0.2, 0) is 4.79 Å². The van der Waals surface area contributed by atoms with Crippen molar-refractivity contribution in [3.63, 3.8) is 0 Å². The van der Waals surface area contributed by atoms with E-state index >= 15 is 0 Å². The van der Waals surface area contributed by atoms with E-state index in [1.54, 1.807) is 35.6 Å². The number of fused-ring (bicyclic) bond motifs is 1. The zero-order valence-corrected chi connectivity index (χ0v) is 21.4. The Labute approximate surface area is 211 Å². The van der Waals surface area contributed by atoms with Crippen LogP contribution >= 0.6 is 11.3 Å². The lowest BCUT2D eigenvalue weighted by Gasteiger charge is -2.34. The van der Waals surface area contributed by atoms with Crippen LogP contribution in [0.25, 0.3) is 0 Å². The molecular weight excluding hydrogens is 462 g/mol. The van der Waals surface area contributed by atoms with Crippen LogP contribution < -0.4 is 4.90 Å². The summed E-state index contributed by atoms with van der Waals surface area (Å²) in [6, 6.07) is 7.05. The number of unbranched alkanes of at least 4 members (excludes halogenated alkanes) is 7. The van der Waals surface area contributed by atoms with E-state index in [2.05, 4.69) is 15.1 Å². The highest BCUT2D eigenvalue weighted by atomic mass is 32.1. The molecule has 0 N–H and O–H groups in total. The van der Waals surface area contributed by atoms with Crippen LogP contribution in [0.15, 0.2) is 24.3 Å². The fourth-order valence-corrected chi connectivity index (χ4v) is 5.51. The molecule has 9 heteroatoms. The van der Waals surface area contributed by atoms with E-state index in [4.69, 9.17) is 0 Å². The molecule has 3 amide bonds. The molecule has 2 aliphatic rings. The summed E-state index contributed by atoms with van der Waals surface area (Å²) in [5.41, 5.74) is 1.06. The number of imide groups is 1. The van der Waals surface area contributed by atoms with Gasteiger partial charge in [0.2, 0.25) is 11.0 Å². The number of nitrogens with zero attached hydrogens (tertiary/aromatic N) is 5. The van der Waals surface area contributed by atoms with Gasteiger partial charge in [-0.2, -0.15) is 0 Å². The SMILES string of the molecule is Cc1nnc(N2CCN(C(=O)CCCCCCCCCCN3C(=O)c4ccccc4C3=O)CC2)s1. The minimum Gasteiger partial charge on any atom is -0.343 e. The van der Waals surface area contributed by atoms with E-state index in [-0.39, 0.29) is 17.7 Å². The number of carbonyl (C=O) groups is 3. The van der Waals surface area contributed by atoms with Crippen molar-refractivity contribution in [3.8, 4) is 0 Å². The van der Waals surface area contributed by atoms with Crippen LogP contribution in [-0.4, -0.2) is 70.4 Å². The number of amides is 3. The van der Waals surface area contributed by atoms with Crippen molar-refractivity contribution >= 4 is 34.2 Å². The van der Waals surface area contributed by atoms with Crippen LogP contribution in [0.4, 0.5) is 5.13 Å². The largest absolute Gasteiger partial charge is 0.343 e. The lowest BCUT2D eigenvalue weighted by Crippen LogP contribution is -2.48. The second-order valence-electron chi connectivity index (χ2n) is 9.36. The minimum atomic E-state index is -0.158. The fraction of sp³-hybridized carbons (Fsp3) is 0.577. The Balaban J connectivity index is 0.994. The van der Waals surface area contributed by atoms with Crippen molar-refractivity contribution in [2.75, 3.05) is 37.6 Å². The summed E-state index contributed by atoms with van der Waals surface area (Å²) in [4.78, 5) is 42.8. The van der Waals surface area contributed by atoms with Gasteiger partial charge in [-0.25, -0.2) is 0 Å². The maximum atomic E-state index is 12.5. The Morgan fingerprint density at radius 2 is 1.40 bits per heavy atom. The molecule has 0 bridgehead atoms. The molecule has 1 aromatic heterocycles. The van der Waals surface area contributed by atoms with Crippen LogP contribution in [0.5, 0.6) is 0 Å². The molecule has 1 saturated heterocycles. The molecule has 1 aromatic carbocycles. The van der Waals surface area contributed by atoms with Crippen molar-refractivity contribution in [1.82, 2.24) is 20.0 Å². The Bertz CT molecular complexity index is 996. The topological polar surface area (TPSA) is 86.7 Å². The second kappa shape index (κ2) is 12.2. The van der Waals surface area contributed by atoms with E-state index in [1.165, 1.54) is 11.3 Å². The summed E-state index contributed by atoms with van der Waals surface area (Å²) in [5.74, 6) is -0.0471. The zero-order chi connectivity index (χ0) is 24.6. The minimum absolute atomic E-state index is 0.158. The Morgan fingerprint density at radius 3 is 1.97 bits per heavy atom. The predicted octanol–water partition coefficient (Wildman–Crippen LogP) is 4.30. The van der Waals surface area contributed by atoms with Gasteiger partial charge in [-0.15, -0.1) is 10.2 Å². The van der Waals surface area contributed by atoms with Gasteiger partial charge in [-0.3, -0.25) is 19.3 Å². The van der Waals surface area contributed by atoms with Gasteiger partial charge in [0, 0.05) is 39.1 Å². The molecule has 3 heterocycles. The van der Waals surface area contributed by atoms with Crippen molar-refractivity contribution in [2.24, 2.45) is 0 Å². The van der Waals surface area contributed by atoms with Crippen molar-refractivity contribution < 1.29 is 14.4 Å². The van der Waals surface area contributed by atoms with Gasteiger partial charge in [-0.1, -0.05) is 62.0 Å². The van der Waals surface area contributed by atoms with Gasteiger partial charge in [-0.05, 0) is 31.9 Å². The first-order valence-electron chi connectivity index (χ1n) is 12.8. The Morgan fingerprint density at radius 1 is 0.829 bits per heavy atom. The van der Waals surface area contributed by atoms with Crippen LogP contribution in [0.1, 0.15) is 83.5 Å². The molecule has 8 nitrogen and oxygen atoms in total. The molecule has 0 atom stereocenters. The molecule has 188 valence electrons. The first-order chi connectivity index (χ1) is 17.0. The molecule has 0 unspecified atom stereocenters. The highest BCUT2D eigenvalue weighted by molar-refractivity contribution is 7.15. The first kappa shape index (κ1) is 25.3. The number of anilines is 1. The van der Waals surface area contributed by atoms with Gasteiger partial charge in [0.25, 0.3) is 11.8 Å². The highest BCUT2D eigenvalue weighted by Gasteiger charge is 2.34. The smallest absolute Gasteiger partial charge is 0.261 e. The number of hydrogen-bond acceptors (Lipinski definition) is 7. The lowest BCUT2D eigenvalue weighted by molar-refractivity contribution is -0.131. The monoisotopic (exact) mass is 497 g/mol. The molecule has 2 aliphatic heterocycles. The standard InChI is InChI=1S/C26H35N5O3S/c1-20-27-28-26(35-20)30-18-16-29(17-19-30)23(32)14-8-6-4-2-3-5-7-11-15-31-24(33)21-12-9-10-13-22(21)25(31)34/h9-10,12-13H,2-8,11,14-19H2,1H3. The molecule has 0 saturated carbocycles. The number of aromatic nitrogens is 2. The quantitative estimate of drug-likeness (QED) is 0.321. The third-order valence-electron chi connectivity index (χ3n) is 6.82. The number of carbonyl (C=O) groups excluding carboxylic acids is 3. The average Bonchev–Trinajstić information content (AvgIpc) is 3.42. The molecule has 4 rings (SSSR count). The van der Waals surface area contributed by atoms with Crippen molar-refractivity contribution in [1.29, 1.82) is 0 Å². The number of piperazine rings is 1. The van der Waals surface area contributed by atoms with Crippen LogP contribution in [0.3, 0.4) is 0 Å². The maximum Gasteiger partial charge on any atom is 0.261 e. The number of aryl methyl sites for hydroxylation is 1. The summed E-state index contributed by atoms with van der Waals surface area (Å²) in [6.45, 7) is 5.64. The van der Waals surface area contributed by atoms with E-state index in [1.807, 2.05) is 11.8 Å². The number of hydrogen-bond donors (Lipinski definition) is 0. The average molecular weight is 498 g/mol. The first-order valence-corrected chi connectivity index (χ1v) is 13.6. The van der Waals surface area contributed by atoms with Gasteiger partial charge in [0.1, 0.15) is 5.01 Å². The third kappa shape index (κ3) is 6.45. The van der Waals surface area contributed by atoms with Gasteiger partial charge in [0.05, 0.1) is 11.1 Å². The van der Waals surface area contributed by atoms with E-state index in [0.29, 0.717) is 24.1 Å². The van der Waals surface area contributed by atoms with Crippen LogP contribution in [0, 0.1) is 6.92 Å². The summed E-state index contributed by atoms with van der Waals surface area (Å²) in [5, 5.41) is 10.2. The number of benzene rings is 1. The second-order valence-corrected chi connectivity index (χ2v) is 10.5. The summed E-state index contributed by atoms with van der Waals surface area (Å²) < 4.78 is 0. The summed E-state index contributed by atoms with van der Waals surface area (Å²) in [6.07, 6.45) is 9.14. The number of rotatable bonds is 12. The normalized spacial score (nSPS) is 15.7. The fourth-order valence-electron chi connectivity index (χ4n) is 4.77. The molecule has 0 spiro atoms. The Hall–Kier alpha value is -2.81. The van der Waals surface area contributed by atoms with Gasteiger partial charge in [0.15, 0.2) is 0 Å². The van der Waals surface area contributed by atoms with Crippen LogP contribution in [0.2, 0.25) is 0 Å². The third-order valence-corrected chi connectivity index (χ3v) is 7.72. The van der Waals surface area contributed by atoms with Crippen molar-refractivity contribution in [2.45, 2.75) is 64.7 Å². The van der Waals surface area contributed by atoms with E-state index in [0.717, 1.165) is 81.3 Å². The molecule has 2 aromatic rings. The Kier molecular flexibility index (Phi) is 8.84. The van der Waals surface area contributed by atoms with Gasteiger partial charge >= 0.3 is 0 Å². The molecular formula is C26H35N5O3S. The highest BCUT2D eigenvalue weighted by Crippen LogP contribution is 2.23. The molecule has 1 fully saturated rings.